The lowest BCUT2D eigenvalue weighted by atomic mass is 10.1. The summed E-state index contributed by atoms with van der Waals surface area (Å²) >= 11 is 0. The lowest BCUT2D eigenvalue weighted by Crippen LogP contribution is -2.33. The number of carbonyl (C=O) groups is 1. The maximum absolute atomic E-state index is 13.0. The maximum atomic E-state index is 13.0. The van der Waals surface area contributed by atoms with Crippen molar-refractivity contribution in [2.24, 2.45) is 0 Å². The molecule has 0 radical (unpaired) electrons. The third-order valence-corrected chi connectivity index (χ3v) is 4.10. The Morgan fingerprint density at radius 1 is 1.14 bits per heavy atom. The van der Waals surface area contributed by atoms with Crippen LogP contribution in [0, 0.1) is 19.7 Å². The number of urea groups is 1. The van der Waals surface area contributed by atoms with Crippen molar-refractivity contribution in [3.8, 4) is 0 Å². The molecule has 1 unspecified atom stereocenters. The van der Waals surface area contributed by atoms with Gasteiger partial charge in [-0.3, -0.25) is 0 Å². The molecule has 0 aliphatic rings. The van der Waals surface area contributed by atoms with Crippen molar-refractivity contribution in [2.45, 2.75) is 26.8 Å². The molecule has 2 aromatic rings. The quantitative estimate of drug-likeness (QED) is 0.878. The minimum absolute atomic E-state index is 0.147. The van der Waals surface area contributed by atoms with Crippen molar-refractivity contribution in [2.75, 3.05) is 12.4 Å². The Labute approximate surface area is 130 Å². The van der Waals surface area contributed by atoms with Crippen LogP contribution in [0.5, 0.6) is 0 Å². The second-order valence-electron chi connectivity index (χ2n) is 5.52. The molecular weight excluding hydrogens is 279 g/mol. The summed E-state index contributed by atoms with van der Waals surface area (Å²) in [5.74, 6) is -0.279. The molecule has 0 saturated heterocycles. The topological polar surface area (TPSA) is 32.3 Å². The van der Waals surface area contributed by atoms with Gasteiger partial charge in [0.2, 0.25) is 0 Å². The summed E-state index contributed by atoms with van der Waals surface area (Å²) in [6, 6.07) is 11.7. The van der Waals surface area contributed by atoms with Gasteiger partial charge in [-0.2, -0.15) is 0 Å². The molecule has 1 N–H and O–H groups in total. The van der Waals surface area contributed by atoms with Crippen molar-refractivity contribution in [3.63, 3.8) is 0 Å². The Bertz CT molecular complexity index is 667. The molecule has 1 atom stereocenters. The highest BCUT2D eigenvalue weighted by Gasteiger charge is 2.18. The zero-order valence-corrected chi connectivity index (χ0v) is 13.4. The lowest BCUT2D eigenvalue weighted by Gasteiger charge is -2.26. The van der Waals surface area contributed by atoms with Gasteiger partial charge in [-0.05, 0) is 55.7 Å². The number of anilines is 1. The molecule has 22 heavy (non-hydrogen) atoms. The Balaban J connectivity index is 2.11. The minimum Gasteiger partial charge on any atom is -0.321 e. The van der Waals surface area contributed by atoms with E-state index in [0.29, 0.717) is 0 Å². The van der Waals surface area contributed by atoms with Crippen LogP contribution in [0.15, 0.2) is 42.5 Å². The van der Waals surface area contributed by atoms with Crippen molar-refractivity contribution in [3.05, 3.63) is 65.0 Å². The molecule has 0 aliphatic carbocycles. The van der Waals surface area contributed by atoms with Gasteiger partial charge in [0.25, 0.3) is 0 Å². The molecule has 0 aliphatic heterocycles. The zero-order chi connectivity index (χ0) is 16.3. The van der Waals surface area contributed by atoms with Crippen LogP contribution in [0.4, 0.5) is 14.9 Å². The van der Waals surface area contributed by atoms with E-state index in [2.05, 4.69) is 5.32 Å². The number of benzene rings is 2. The minimum atomic E-state index is -0.279. The number of amides is 2. The van der Waals surface area contributed by atoms with Gasteiger partial charge in [-0.25, -0.2) is 9.18 Å². The Morgan fingerprint density at radius 2 is 1.77 bits per heavy atom. The molecule has 4 heteroatoms. The largest absolute Gasteiger partial charge is 0.322 e. The third kappa shape index (κ3) is 3.45. The number of nitrogens with one attached hydrogen (secondary N) is 1. The van der Waals surface area contributed by atoms with Gasteiger partial charge in [0.05, 0.1) is 6.04 Å². The second kappa shape index (κ2) is 6.60. The number of carbonyl (C=O) groups excluding carboxylic acids is 1. The van der Waals surface area contributed by atoms with Crippen molar-refractivity contribution in [1.82, 2.24) is 4.90 Å². The van der Waals surface area contributed by atoms with Crippen molar-refractivity contribution < 1.29 is 9.18 Å². The number of hydrogen-bond acceptors (Lipinski definition) is 1. The van der Waals surface area contributed by atoms with E-state index < -0.39 is 0 Å². The summed E-state index contributed by atoms with van der Waals surface area (Å²) in [6.07, 6.45) is 0. The van der Waals surface area contributed by atoms with E-state index in [1.165, 1.54) is 12.1 Å². The fourth-order valence-electron chi connectivity index (χ4n) is 2.23. The Hall–Kier alpha value is -2.36. The molecule has 0 bridgehead atoms. The summed E-state index contributed by atoms with van der Waals surface area (Å²) in [4.78, 5) is 14.0. The maximum Gasteiger partial charge on any atom is 0.322 e. The van der Waals surface area contributed by atoms with Crippen LogP contribution < -0.4 is 5.32 Å². The van der Waals surface area contributed by atoms with Crippen LogP contribution in [0.25, 0.3) is 0 Å². The summed E-state index contributed by atoms with van der Waals surface area (Å²) in [6.45, 7) is 5.90. The van der Waals surface area contributed by atoms with E-state index in [0.717, 1.165) is 22.4 Å². The summed E-state index contributed by atoms with van der Waals surface area (Å²) in [5.41, 5.74) is 3.88. The first-order valence-electron chi connectivity index (χ1n) is 7.25. The van der Waals surface area contributed by atoms with Crippen LogP contribution in [-0.2, 0) is 0 Å². The standard InChI is InChI=1S/C18H21FN2O/c1-12-6-5-7-17(13(12)2)20-18(22)21(4)14(3)15-8-10-16(19)11-9-15/h5-11,14H,1-4H3,(H,20,22). The predicted octanol–water partition coefficient (Wildman–Crippen LogP) is 4.67. The van der Waals surface area contributed by atoms with Gasteiger partial charge < -0.3 is 10.2 Å². The normalized spacial score (nSPS) is 11.9. The van der Waals surface area contributed by atoms with Crippen LogP contribution in [0.1, 0.15) is 29.7 Å². The first-order chi connectivity index (χ1) is 10.4. The van der Waals surface area contributed by atoms with E-state index >= 15 is 0 Å². The van der Waals surface area contributed by atoms with Gasteiger partial charge in [-0.15, -0.1) is 0 Å². The van der Waals surface area contributed by atoms with E-state index in [9.17, 15) is 9.18 Å². The molecular formula is C18H21FN2O. The summed E-state index contributed by atoms with van der Waals surface area (Å²) in [5, 5.41) is 2.93. The predicted molar refractivity (Wildman–Crippen MR) is 87.5 cm³/mol. The van der Waals surface area contributed by atoms with Crippen molar-refractivity contribution >= 4 is 11.7 Å². The molecule has 2 aromatic carbocycles. The lowest BCUT2D eigenvalue weighted by molar-refractivity contribution is 0.208. The summed E-state index contributed by atoms with van der Waals surface area (Å²) < 4.78 is 13.0. The van der Waals surface area contributed by atoms with Gasteiger partial charge in [-0.1, -0.05) is 24.3 Å². The van der Waals surface area contributed by atoms with Crippen LogP contribution in [0.2, 0.25) is 0 Å². The first kappa shape index (κ1) is 16.0. The van der Waals surface area contributed by atoms with Crippen molar-refractivity contribution in [1.29, 1.82) is 0 Å². The molecule has 0 heterocycles. The molecule has 116 valence electrons. The van der Waals surface area contributed by atoms with E-state index in [1.54, 1.807) is 24.1 Å². The van der Waals surface area contributed by atoms with E-state index in [1.807, 2.05) is 39.0 Å². The molecule has 3 nitrogen and oxygen atoms in total. The Kier molecular flexibility index (Phi) is 4.81. The van der Waals surface area contributed by atoms with Gasteiger partial charge in [0.15, 0.2) is 0 Å². The third-order valence-electron chi connectivity index (χ3n) is 4.10. The zero-order valence-electron chi connectivity index (χ0n) is 13.4. The molecule has 0 spiro atoms. The second-order valence-corrected chi connectivity index (χ2v) is 5.52. The highest BCUT2D eigenvalue weighted by atomic mass is 19.1. The fourth-order valence-corrected chi connectivity index (χ4v) is 2.23. The first-order valence-corrected chi connectivity index (χ1v) is 7.25. The fraction of sp³-hybridized carbons (Fsp3) is 0.278. The number of hydrogen-bond donors (Lipinski definition) is 1. The van der Waals surface area contributed by atoms with Gasteiger partial charge >= 0.3 is 6.03 Å². The molecule has 2 amide bonds. The molecule has 2 rings (SSSR count). The number of aryl methyl sites for hydroxylation is 1. The molecule has 0 fully saturated rings. The van der Waals surface area contributed by atoms with Crippen LogP contribution >= 0.6 is 0 Å². The highest BCUT2D eigenvalue weighted by molar-refractivity contribution is 5.90. The number of nitrogens with zero attached hydrogens (tertiary/aromatic N) is 1. The Morgan fingerprint density at radius 3 is 2.41 bits per heavy atom. The number of halogens is 1. The smallest absolute Gasteiger partial charge is 0.321 e. The van der Waals surface area contributed by atoms with Crippen LogP contribution in [0.3, 0.4) is 0 Å². The number of rotatable bonds is 3. The van der Waals surface area contributed by atoms with E-state index in [4.69, 9.17) is 0 Å². The van der Waals surface area contributed by atoms with E-state index in [-0.39, 0.29) is 17.9 Å². The molecule has 0 saturated carbocycles. The van der Waals surface area contributed by atoms with Gasteiger partial charge in [0, 0.05) is 12.7 Å². The van der Waals surface area contributed by atoms with Gasteiger partial charge in [0.1, 0.15) is 5.82 Å². The SMILES string of the molecule is Cc1cccc(NC(=O)N(C)C(C)c2ccc(F)cc2)c1C. The van der Waals surface area contributed by atoms with Crippen LogP contribution in [-0.4, -0.2) is 18.0 Å². The average Bonchev–Trinajstić information content (AvgIpc) is 2.51. The average molecular weight is 300 g/mol. The molecule has 0 aromatic heterocycles. The highest BCUT2D eigenvalue weighted by Crippen LogP contribution is 2.22. The monoisotopic (exact) mass is 300 g/mol. The summed E-state index contributed by atoms with van der Waals surface area (Å²) in [7, 11) is 1.73.